The molecule has 0 unspecified atom stereocenters. The number of ether oxygens (including phenoxy) is 1. The van der Waals surface area contributed by atoms with E-state index < -0.39 is 0 Å². The van der Waals surface area contributed by atoms with Crippen molar-refractivity contribution >= 4 is 17.2 Å². The van der Waals surface area contributed by atoms with Crippen molar-refractivity contribution < 1.29 is 9.53 Å². The number of piperidine rings is 3. The Morgan fingerprint density at radius 1 is 1.25 bits per heavy atom. The molecule has 2 aromatic rings. The van der Waals surface area contributed by atoms with Crippen LogP contribution in [0.1, 0.15) is 22.5 Å². The molecule has 3 aliphatic heterocycles. The number of hydrogen-bond donors (Lipinski definition) is 1. The summed E-state index contributed by atoms with van der Waals surface area (Å²) in [5.74, 6) is 1.55. The molecule has 3 saturated heterocycles. The molecule has 0 spiro atoms. The Hall–Kier alpha value is -1.85. The van der Waals surface area contributed by atoms with Crippen LogP contribution in [0.5, 0.6) is 5.75 Å². The number of amides is 1. The van der Waals surface area contributed by atoms with Crippen molar-refractivity contribution in [3.8, 4) is 16.2 Å². The highest BCUT2D eigenvalue weighted by Gasteiger charge is 2.35. The first kappa shape index (κ1) is 15.7. The van der Waals surface area contributed by atoms with Gasteiger partial charge in [-0.3, -0.25) is 4.79 Å². The lowest BCUT2D eigenvalue weighted by molar-refractivity contribution is 0.0622. The van der Waals surface area contributed by atoms with Crippen LogP contribution in [0, 0.1) is 5.92 Å². The second-order valence-corrected chi connectivity index (χ2v) is 7.70. The molecule has 1 amide bonds. The van der Waals surface area contributed by atoms with E-state index in [0.29, 0.717) is 12.0 Å². The van der Waals surface area contributed by atoms with Crippen molar-refractivity contribution in [1.82, 2.24) is 10.2 Å². The van der Waals surface area contributed by atoms with E-state index in [4.69, 9.17) is 4.74 Å². The van der Waals surface area contributed by atoms with Crippen LogP contribution in [0.4, 0.5) is 0 Å². The van der Waals surface area contributed by atoms with Gasteiger partial charge in [0, 0.05) is 17.5 Å². The van der Waals surface area contributed by atoms with Gasteiger partial charge in [-0.1, -0.05) is 12.1 Å². The third-order valence-electron chi connectivity index (χ3n) is 5.16. The normalized spacial score (nSPS) is 25.5. The van der Waals surface area contributed by atoms with Crippen LogP contribution in [-0.4, -0.2) is 43.6 Å². The third-order valence-corrected chi connectivity index (χ3v) is 6.29. The largest absolute Gasteiger partial charge is 0.497 e. The van der Waals surface area contributed by atoms with Gasteiger partial charge in [0.15, 0.2) is 0 Å². The molecule has 2 bridgehead atoms. The Bertz CT molecular complexity index is 734. The van der Waals surface area contributed by atoms with Gasteiger partial charge in [0.25, 0.3) is 5.91 Å². The summed E-state index contributed by atoms with van der Waals surface area (Å²) >= 11 is 1.54. The quantitative estimate of drug-likeness (QED) is 0.927. The minimum Gasteiger partial charge on any atom is -0.497 e. The molecule has 3 fully saturated rings. The topological polar surface area (TPSA) is 41.6 Å². The zero-order chi connectivity index (χ0) is 16.5. The number of methoxy groups -OCH3 is 1. The van der Waals surface area contributed by atoms with Gasteiger partial charge < -0.3 is 15.0 Å². The molecular weight excluding hydrogens is 320 g/mol. The van der Waals surface area contributed by atoms with E-state index in [2.05, 4.69) is 10.2 Å². The van der Waals surface area contributed by atoms with E-state index in [1.165, 1.54) is 25.9 Å². The van der Waals surface area contributed by atoms with Gasteiger partial charge in [0.2, 0.25) is 0 Å². The maximum Gasteiger partial charge on any atom is 0.261 e. The summed E-state index contributed by atoms with van der Waals surface area (Å²) < 4.78 is 5.28. The summed E-state index contributed by atoms with van der Waals surface area (Å²) in [6.45, 7) is 3.39. The lowest BCUT2D eigenvalue weighted by Gasteiger charge is -2.44. The lowest BCUT2D eigenvalue weighted by atomic mass is 9.84. The zero-order valence-electron chi connectivity index (χ0n) is 13.8. The van der Waals surface area contributed by atoms with Crippen molar-refractivity contribution in [1.29, 1.82) is 0 Å². The minimum atomic E-state index is 0.0629. The second-order valence-electron chi connectivity index (χ2n) is 6.61. The van der Waals surface area contributed by atoms with Gasteiger partial charge in [-0.15, -0.1) is 11.3 Å². The standard InChI is InChI=1S/C19H22N2O2S/c1-23-15-4-2-3-14(11-15)17-5-6-18(24-17)19(22)20-16-12-21-9-7-13(16)8-10-21/h2-6,11,13,16H,7-10,12H2,1H3,(H,20,22)/t16-/m0/s1. The maximum absolute atomic E-state index is 12.6. The number of carbonyl (C=O) groups is 1. The number of carbonyl (C=O) groups excluding carboxylic acids is 1. The molecule has 24 heavy (non-hydrogen) atoms. The summed E-state index contributed by atoms with van der Waals surface area (Å²) in [4.78, 5) is 16.9. The molecule has 0 aliphatic carbocycles. The number of thiophene rings is 1. The molecule has 0 radical (unpaired) electrons. The Labute approximate surface area is 146 Å². The lowest BCUT2D eigenvalue weighted by Crippen LogP contribution is -2.57. The summed E-state index contributed by atoms with van der Waals surface area (Å²) in [6, 6.07) is 12.2. The monoisotopic (exact) mass is 342 g/mol. The van der Waals surface area contributed by atoms with Crippen LogP contribution in [0.25, 0.3) is 10.4 Å². The van der Waals surface area contributed by atoms with Crippen LogP contribution < -0.4 is 10.1 Å². The van der Waals surface area contributed by atoms with Crippen LogP contribution in [0.2, 0.25) is 0 Å². The average Bonchev–Trinajstić information content (AvgIpc) is 3.13. The maximum atomic E-state index is 12.6. The van der Waals surface area contributed by atoms with E-state index in [1.54, 1.807) is 18.4 Å². The first-order valence-corrected chi connectivity index (χ1v) is 9.32. The van der Waals surface area contributed by atoms with Gasteiger partial charge in [-0.05, 0) is 61.7 Å². The van der Waals surface area contributed by atoms with Crippen molar-refractivity contribution in [2.45, 2.75) is 18.9 Å². The molecule has 5 rings (SSSR count). The molecule has 1 N–H and O–H groups in total. The van der Waals surface area contributed by atoms with Gasteiger partial charge in [-0.2, -0.15) is 0 Å². The zero-order valence-corrected chi connectivity index (χ0v) is 14.6. The summed E-state index contributed by atoms with van der Waals surface area (Å²) in [7, 11) is 1.67. The highest BCUT2D eigenvalue weighted by atomic mass is 32.1. The Morgan fingerprint density at radius 2 is 2.08 bits per heavy atom. The van der Waals surface area contributed by atoms with E-state index in [9.17, 15) is 4.79 Å². The van der Waals surface area contributed by atoms with Gasteiger partial charge in [-0.25, -0.2) is 0 Å². The number of nitrogens with one attached hydrogen (secondary N) is 1. The van der Waals surface area contributed by atoms with Crippen molar-refractivity contribution in [2.24, 2.45) is 5.92 Å². The fourth-order valence-corrected chi connectivity index (χ4v) is 4.67. The smallest absolute Gasteiger partial charge is 0.261 e. The molecular formula is C19H22N2O2S. The highest BCUT2D eigenvalue weighted by molar-refractivity contribution is 7.17. The van der Waals surface area contributed by atoms with Gasteiger partial charge >= 0.3 is 0 Å². The van der Waals surface area contributed by atoms with E-state index in [1.807, 2.05) is 36.4 Å². The summed E-state index contributed by atoms with van der Waals surface area (Å²) in [5.41, 5.74) is 1.08. The van der Waals surface area contributed by atoms with Crippen molar-refractivity contribution in [2.75, 3.05) is 26.7 Å². The first-order valence-electron chi connectivity index (χ1n) is 8.50. The molecule has 1 atom stereocenters. The Balaban J connectivity index is 1.47. The number of benzene rings is 1. The van der Waals surface area contributed by atoms with Gasteiger partial charge in [0.1, 0.15) is 5.75 Å². The molecule has 3 aliphatic rings. The number of nitrogens with zero attached hydrogens (tertiary/aromatic N) is 1. The molecule has 4 nitrogen and oxygen atoms in total. The van der Waals surface area contributed by atoms with Crippen LogP contribution in [-0.2, 0) is 0 Å². The molecule has 126 valence electrons. The predicted octanol–water partition coefficient (Wildman–Crippen LogP) is 3.25. The number of rotatable bonds is 4. The fraction of sp³-hybridized carbons (Fsp3) is 0.421. The first-order chi connectivity index (χ1) is 11.7. The average molecular weight is 342 g/mol. The molecule has 4 heterocycles. The number of fused-ring (bicyclic) bond motifs is 3. The van der Waals surface area contributed by atoms with Crippen LogP contribution in [0.15, 0.2) is 36.4 Å². The molecule has 5 heteroatoms. The Morgan fingerprint density at radius 3 is 2.79 bits per heavy atom. The summed E-state index contributed by atoms with van der Waals surface area (Å²) in [5, 5.41) is 3.26. The molecule has 0 saturated carbocycles. The third kappa shape index (κ3) is 3.06. The fourth-order valence-electron chi connectivity index (χ4n) is 3.76. The second kappa shape index (κ2) is 6.57. The van der Waals surface area contributed by atoms with Crippen molar-refractivity contribution in [3.63, 3.8) is 0 Å². The summed E-state index contributed by atoms with van der Waals surface area (Å²) in [6.07, 6.45) is 2.43. The van der Waals surface area contributed by atoms with Crippen molar-refractivity contribution in [3.05, 3.63) is 41.3 Å². The highest BCUT2D eigenvalue weighted by Crippen LogP contribution is 2.31. The predicted molar refractivity (Wildman–Crippen MR) is 96.7 cm³/mol. The van der Waals surface area contributed by atoms with Crippen LogP contribution in [0.3, 0.4) is 0 Å². The molecule has 1 aromatic heterocycles. The minimum absolute atomic E-state index is 0.0629. The molecule has 1 aromatic carbocycles. The van der Waals surface area contributed by atoms with Crippen LogP contribution >= 0.6 is 11.3 Å². The number of hydrogen-bond acceptors (Lipinski definition) is 4. The Kier molecular flexibility index (Phi) is 4.29. The van der Waals surface area contributed by atoms with Gasteiger partial charge in [0.05, 0.1) is 12.0 Å². The van der Waals surface area contributed by atoms with E-state index in [0.717, 1.165) is 27.6 Å². The van der Waals surface area contributed by atoms with E-state index in [-0.39, 0.29) is 5.91 Å². The van der Waals surface area contributed by atoms with E-state index >= 15 is 0 Å². The SMILES string of the molecule is COc1cccc(-c2ccc(C(=O)N[C@H]3CN4CCC3CC4)s2)c1.